The van der Waals surface area contributed by atoms with E-state index in [-0.39, 0.29) is 29.6 Å². The van der Waals surface area contributed by atoms with Gasteiger partial charge in [-0.2, -0.15) is 4.31 Å². The summed E-state index contributed by atoms with van der Waals surface area (Å²) in [5.74, 6) is 2.24. The summed E-state index contributed by atoms with van der Waals surface area (Å²) >= 11 is 1.28. The highest BCUT2D eigenvalue weighted by Gasteiger charge is 2.59. The number of carbonyl (C=O) groups is 1. The Kier molecular flexibility index (Phi) is 10.2. The van der Waals surface area contributed by atoms with Crippen LogP contribution < -0.4 is 0 Å². The van der Waals surface area contributed by atoms with Crippen LogP contribution in [-0.4, -0.2) is 53.5 Å². The molecule has 0 aliphatic heterocycles. The Hall–Kier alpha value is -1.84. The maximum atomic E-state index is 14.7. The molecule has 2 aromatic rings. The molecule has 8 heteroatoms. The first-order valence-electron chi connectivity index (χ1n) is 20.6. The summed E-state index contributed by atoms with van der Waals surface area (Å²) in [5.41, 5.74) is 2.06. The number of hydrogen-bond acceptors (Lipinski definition) is 6. The minimum atomic E-state index is -3.84. The fourth-order valence-electron chi connectivity index (χ4n) is 12.7. The molecule has 0 amide bonds. The zero-order chi connectivity index (χ0) is 36.3. The number of Topliss-reactive ketones (excluding diaryl/α,β-unsaturated/α-hetero) is 1. The third kappa shape index (κ3) is 6.95. The molecule has 0 saturated heterocycles. The molecular weight excluding hydrogens is 687 g/mol. The van der Waals surface area contributed by atoms with E-state index in [1.54, 1.807) is 10.4 Å². The van der Waals surface area contributed by atoms with Gasteiger partial charge < -0.3 is 10.2 Å². The third-order valence-electron chi connectivity index (χ3n) is 15.1. The number of rotatable bonds is 8. The monoisotopic (exact) mass is 747 g/mol. The Morgan fingerprint density at radius 3 is 2.33 bits per heavy atom. The number of nitrogens with zero attached hydrogens (tertiary/aromatic N) is 1. The maximum Gasteiger partial charge on any atom is 0.252 e. The second kappa shape index (κ2) is 14.3. The zero-order valence-electron chi connectivity index (χ0n) is 31.5. The highest BCUT2D eigenvalue weighted by molar-refractivity contribution is 7.91. The van der Waals surface area contributed by atoms with Gasteiger partial charge in [-0.3, -0.25) is 4.79 Å². The van der Waals surface area contributed by atoms with Crippen LogP contribution in [0.25, 0.3) is 0 Å². The van der Waals surface area contributed by atoms with Gasteiger partial charge in [0.25, 0.3) is 10.0 Å². The van der Waals surface area contributed by atoms with Gasteiger partial charge in [0.15, 0.2) is 5.78 Å². The van der Waals surface area contributed by atoms with Gasteiger partial charge in [-0.05, 0) is 161 Å². The molecule has 1 aromatic carbocycles. The minimum Gasteiger partial charge on any atom is -0.393 e. The standard InChI is InChI=1S/C44H61NO5S2/c1-30-8-6-17-42(2)39(37-15-13-31(23-36(46)14-12-30)24-38(37)41(47)35-9-4-3-5-10-35)16-18-44(42,48)29-45(52(49,50)40-11-7-19-51-40)28-43-25-32-20-33(26-43)22-34(21-32)27-43/h7-8,11,13,15,19,24,32-36,39,46,48H,3-6,9-10,12,14,16-18,20-23,25-29H2,1-2H3. The molecule has 1 heterocycles. The van der Waals surface area contributed by atoms with Gasteiger partial charge in [-0.15, -0.1) is 11.3 Å². The zero-order valence-corrected chi connectivity index (χ0v) is 33.2. The van der Waals surface area contributed by atoms with E-state index in [9.17, 15) is 23.4 Å². The van der Waals surface area contributed by atoms with E-state index >= 15 is 0 Å². The van der Waals surface area contributed by atoms with Crippen molar-refractivity contribution < 1.29 is 23.4 Å². The summed E-state index contributed by atoms with van der Waals surface area (Å²) < 4.78 is 31.6. The normalized spacial score (nSPS) is 36.9. The average Bonchev–Trinajstić information content (AvgIpc) is 3.74. The number of fused-ring (bicyclic) bond motifs is 8. The van der Waals surface area contributed by atoms with Crippen LogP contribution in [0.2, 0.25) is 0 Å². The van der Waals surface area contributed by atoms with Crippen molar-refractivity contribution in [1.29, 1.82) is 0 Å². The second-order valence-corrected chi connectivity index (χ2v) is 21.9. The van der Waals surface area contributed by atoms with E-state index in [0.717, 1.165) is 74.5 Å². The molecule has 10 rings (SSSR count). The SMILES string of the molecule is CC1=CCCC2(C)C(CCC2(O)CN(CC23CC4CC(CC(C4)C2)C3)S(=O)(=O)c2cccs2)c2ccc(cc2C(=O)C2CCCCC2)CC(O)CC1. The average molecular weight is 748 g/mol. The number of aliphatic hydroxyl groups is 2. The first kappa shape index (κ1) is 37.1. The maximum absolute atomic E-state index is 14.7. The van der Waals surface area contributed by atoms with E-state index in [4.69, 9.17) is 0 Å². The Balaban J connectivity index is 1.19. The van der Waals surface area contributed by atoms with Crippen molar-refractivity contribution in [2.75, 3.05) is 13.1 Å². The first-order valence-corrected chi connectivity index (χ1v) is 23.0. The summed E-state index contributed by atoms with van der Waals surface area (Å²) in [6.45, 7) is 4.91. The number of benzene rings is 1. The van der Waals surface area contributed by atoms with Crippen molar-refractivity contribution in [2.45, 2.75) is 151 Å². The molecular formula is C44H61NO5S2. The van der Waals surface area contributed by atoms with Crippen molar-refractivity contribution in [1.82, 2.24) is 4.31 Å². The minimum absolute atomic E-state index is 0.00962. The molecule has 4 atom stereocenters. The lowest BCUT2D eigenvalue weighted by atomic mass is 9.49. The Labute approximate surface area is 316 Å². The highest BCUT2D eigenvalue weighted by Crippen LogP contribution is 2.62. The number of allylic oxidation sites excluding steroid dienone is 2. The predicted octanol–water partition coefficient (Wildman–Crippen LogP) is 9.46. The van der Waals surface area contributed by atoms with Gasteiger partial charge in [0.05, 0.1) is 11.7 Å². The fourth-order valence-corrected chi connectivity index (χ4v) is 15.5. The number of hydrogen-bond donors (Lipinski definition) is 2. The van der Waals surface area contributed by atoms with Crippen molar-refractivity contribution >= 4 is 27.1 Å². The second-order valence-electron chi connectivity index (χ2n) is 18.8. The molecule has 6 bridgehead atoms. The molecule has 2 N–H and O–H groups in total. The largest absolute Gasteiger partial charge is 0.393 e. The molecule has 8 aliphatic rings. The van der Waals surface area contributed by atoms with Gasteiger partial charge in [0.1, 0.15) is 4.21 Å². The molecule has 1 aromatic heterocycles. The molecule has 6 nitrogen and oxygen atoms in total. The third-order valence-corrected chi connectivity index (χ3v) is 18.3. The summed E-state index contributed by atoms with van der Waals surface area (Å²) in [6.07, 6.45) is 18.8. The lowest BCUT2D eigenvalue weighted by Gasteiger charge is -2.58. The topological polar surface area (TPSA) is 94.9 Å². The van der Waals surface area contributed by atoms with Crippen LogP contribution in [0, 0.1) is 34.5 Å². The number of thiophene rings is 1. The van der Waals surface area contributed by atoms with Crippen LogP contribution in [0.3, 0.4) is 0 Å². The number of aliphatic hydroxyl groups excluding tert-OH is 1. The van der Waals surface area contributed by atoms with E-state index in [2.05, 4.69) is 38.1 Å². The van der Waals surface area contributed by atoms with Gasteiger partial charge in [-0.25, -0.2) is 8.42 Å². The molecule has 0 spiro atoms. The Morgan fingerprint density at radius 1 is 0.942 bits per heavy atom. The number of sulfonamides is 1. The van der Waals surface area contributed by atoms with Crippen LogP contribution in [0.15, 0.2) is 51.6 Å². The van der Waals surface area contributed by atoms with Crippen LogP contribution >= 0.6 is 11.3 Å². The molecule has 284 valence electrons. The van der Waals surface area contributed by atoms with Crippen molar-refractivity contribution in [3.8, 4) is 0 Å². The summed E-state index contributed by atoms with van der Waals surface area (Å²) in [6, 6.07) is 9.86. The van der Waals surface area contributed by atoms with Crippen LogP contribution in [0.1, 0.15) is 150 Å². The van der Waals surface area contributed by atoms with Crippen molar-refractivity contribution in [2.24, 2.45) is 34.5 Å². The molecule has 0 radical (unpaired) electrons. The van der Waals surface area contributed by atoms with E-state index in [1.165, 1.54) is 42.6 Å². The van der Waals surface area contributed by atoms with Gasteiger partial charge in [0, 0.05) is 30.0 Å². The van der Waals surface area contributed by atoms with Gasteiger partial charge >= 0.3 is 0 Å². The molecule has 52 heavy (non-hydrogen) atoms. The van der Waals surface area contributed by atoms with Crippen LogP contribution in [0.5, 0.6) is 0 Å². The summed E-state index contributed by atoms with van der Waals surface area (Å²) in [4.78, 5) is 14.5. The molecule has 8 aliphatic carbocycles. The molecule has 6 saturated carbocycles. The summed E-state index contributed by atoms with van der Waals surface area (Å²) in [7, 11) is -3.84. The first-order chi connectivity index (χ1) is 24.9. The molecule has 6 fully saturated rings. The highest BCUT2D eigenvalue weighted by atomic mass is 32.2. The summed E-state index contributed by atoms with van der Waals surface area (Å²) in [5, 5.41) is 26.1. The lowest BCUT2D eigenvalue weighted by molar-refractivity contribution is -0.0920. The fraction of sp³-hybridized carbons (Fsp3) is 0.705. The van der Waals surface area contributed by atoms with Gasteiger partial charge in [0.2, 0.25) is 0 Å². The van der Waals surface area contributed by atoms with Crippen molar-refractivity contribution in [3.63, 3.8) is 0 Å². The Bertz CT molecular complexity index is 1720. The van der Waals surface area contributed by atoms with Crippen LogP contribution in [-0.2, 0) is 16.4 Å². The number of ketones is 1. The quantitative estimate of drug-likeness (QED) is 0.207. The Morgan fingerprint density at radius 2 is 1.65 bits per heavy atom. The van der Waals surface area contributed by atoms with Crippen molar-refractivity contribution in [3.05, 3.63) is 64.1 Å². The van der Waals surface area contributed by atoms with E-state index in [0.29, 0.717) is 60.6 Å². The lowest BCUT2D eigenvalue weighted by Crippen LogP contribution is -2.57. The predicted molar refractivity (Wildman–Crippen MR) is 208 cm³/mol. The van der Waals surface area contributed by atoms with E-state index < -0.39 is 27.1 Å². The molecule has 4 unspecified atom stereocenters. The smallest absolute Gasteiger partial charge is 0.252 e. The van der Waals surface area contributed by atoms with E-state index in [1.807, 2.05) is 11.4 Å². The van der Waals surface area contributed by atoms with Crippen LogP contribution in [0.4, 0.5) is 0 Å². The number of carbonyl (C=O) groups excluding carboxylic acids is 1. The van der Waals surface area contributed by atoms with Gasteiger partial charge in [-0.1, -0.05) is 56.0 Å².